The zero-order valence-corrected chi connectivity index (χ0v) is 15.7. The van der Waals surface area contributed by atoms with Gasteiger partial charge in [0.1, 0.15) is 0 Å². The molecular formula is C19H16Cl2N2O4. The lowest BCUT2D eigenvalue weighted by Crippen LogP contribution is -2.28. The number of ether oxygens (including phenoxy) is 1. The standard InChI is InChI=1S/C19H16Cl2N2O4/c20-13-6-7-15(21)16(9-13)22-17(24)11-27-19(26)12-8-18(25)23(10-12)14-4-2-1-3-5-14/h1-7,9,12H,8,10-11H2,(H,22,24)/t12-/m0/s1. The second kappa shape index (κ2) is 8.41. The Kier molecular flexibility index (Phi) is 5.98. The van der Waals surface area contributed by atoms with Crippen LogP contribution < -0.4 is 10.2 Å². The zero-order chi connectivity index (χ0) is 19.4. The predicted octanol–water partition coefficient (Wildman–Crippen LogP) is 3.53. The van der Waals surface area contributed by atoms with Crippen LogP contribution in [0.3, 0.4) is 0 Å². The number of hydrogen-bond acceptors (Lipinski definition) is 4. The van der Waals surface area contributed by atoms with Crippen molar-refractivity contribution in [1.29, 1.82) is 0 Å². The molecular weight excluding hydrogens is 391 g/mol. The van der Waals surface area contributed by atoms with Gasteiger partial charge < -0.3 is 15.0 Å². The van der Waals surface area contributed by atoms with Crippen molar-refractivity contribution < 1.29 is 19.1 Å². The van der Waals surface area contributed by atoms with Crippen molar-refractivity contribution in [1.82, 2.24) is 0 Å². The maximum Gasteiger partial charge on any atom is 0.311 e. The van der Waals surface area contributed by atoms with E-state index in [4.69, 9.17) is 27.9 Å². The third kappa shape index (κ3) is 4.78. The van der Waals surface area contributed by atoms with Crippen molar-refractivity contribution >= 4 is 52.4 Å². The monoisotopic (exact) mass is 406 g/mol. The van der Waals surface area contributed by atoms with Crippen LogP contribution in [0, 0.1) is 5.92 Å². The number of esters is 1. The summed E-state index contributed by atoms with van der Waals surface area (Å²) in [6, 6.07) is 13.7. The summed E-state index contributed by atoms with van der Waals surface area (Å²) in [5.74, 6) is -1.90. The summed E-state index contributed by atoms with van der Waals surface area (Å²) in [5, 5.41) is 3.26. The second-order valence-corrected chi connectivity index (χ2v) is 6.86. The van der Waals surface area contributed by atoms with Gasteiger partial charge in [0, 0.05) is 23.7 Å². The maximum atomic E-state index is 12.2. The van der Waals surface area contributed by atoms with Crippen LogP contribution in [0.25, 0.3) is 0 Å². The molecule has 0 spiro atoms. The number of para-hydroxylation sites is 1. The Labute approximate surface area is 166 Å². The van der Waals surface area contributed by atoms with Crippen molar-refractivity contribution in [2.75, 3.05) is 23.4 Å². The molecule has 1 fully saturated rings. The van der Waals surface area contributed by atoms with E-state index in [1.807, 2.05) is 18.2 Å². The molecule has 1 atom stereocenters. The van der Waals surface area contributed by atoms with Crippen molar-refractivity contribution in [2.24, 2.45) is 5.92 Å². The van der Waals surface area contributed by atoms with Gasteiger partial charge >= 0.3 is 5.97 Å². The molecule has 0 bridgehead atoms. The third-order valence-electron chi connectivity index (χ3n) is 4.07. The highest BCUT2D eigenvalue weighted by molar-refractivity contribution is 6.35. The number of amides is 2. The molecule has 1 saturated heterocycles. The lowest BCUT2D eigenvalue weighted by molar-refractivity contribution is -0.151. The molecule has 3 rings (SSSR count). The summed E-state index contributed by atoms with van der Waals surface area (Å²) < 4.78 is 5.06. The van der Waals surface area contributed by atoms with Crippen LogP contribution >= 0.6 is 23.2 Å². The Balaban J connectivity index is 1.53. The van der Waals surface area contributed by atoms with E-state index in [9.17, 15) is 14.4 Å². The predicted molar refractivity (Wildman–Crippen MR) is 103 cm³/mol. The lowest BCUT2D eigenvalue weighted by atomic mass is 10.1. The number of rotatable bonds is 5. The van der Waals surface area contributed by atoms with E-state index in [0.29, 0.717) is 15.7 Å². The van der Waals surface area contributed by atoms with E-state index < -0.39 is 24.4 Å². The fraction of sp³-hybridized carbons (Fsp3) is 0.211. The summed E-state index contributed by atoms with van der Waals surface area (Å²) in [4.78, 5) is 37.9. The van der Waals surface area contributed by atoms with Crippen LogP contribution in [-0.2, 0) is 19.1 Å². The lowest BCUT2D eigenvalue weighted by Gasteiger charge is -2.16. The SMILES string of the molecule is O=C(COC(=O)[C@H]1CC(=O)N(c2ccccc2)C1)Nc1cc(Cl)ccc1Cl. The number of benzene rings is 2. The maximum absolute atomic E-state index is 12.2. The van der Waals surface area contributed by atoms with Crippen LogP contribution in [0.2, 0.25) is 10.0 Å². The van der Waals surface area contributed by atoms with Crippen LogP contribution in [0.4, 0.5) is 11.4 Å². The van der Waals surface area contributed by atoms with Crippen LogP contribution in [0.1, 0.15) is 6.42 Å². The first-order valence-electron chi connectivity index (χ1n) is 8.21. The number of anilines is 2. The molecule has 27 heavy (non-hydrogen) atoms. The molecule has 1 aliphatic heterocycles. The van der Waals surface area contributed by atoms with Crippen LogP contribution in [-0.4, -0.2) is 30.9 Å². The summed E-state index contributed by atoms with van der Waals surface area (Å²) >= 11 is 11.8. The van der Waals surface area contributed by atoms with Crippen molar-refractivity contribution in [3.05, 3.63) is 58.6 Å². The topological polar surface area (TPSA) is 75.7 Å². The Bertz CT molecular complexity index is 873. The molecule has 0 radical (unpaired) electrons. The highest BCUT2D eigenvalue weighted by Crippen LogP contribution is 2.26. The smallest absolute Gasteiger partial charge is 0.311 e. The summed E-state index contributed by atoms with van der Waals surface area (Å²) in [6.45, 7) is -0.249. The van der Waals surface area contributed by atoms with Crippen molar-refractivity contribution in [2.45, 2.75) is 6.42 Å². The fourth-order valence-corrected chi connectivity index (χ4v) is 3.09. The minimum Gasteiger partial charge on any atom is -0.455 e. The van der Waals surface area contributed by atoms with E-state index >= 15 is 0 Å². The molecule has 2 aromatic rings. The first kappa shape index (κ1) is 19.2. The van der Waals surface area contributed by atoms with Gasteiger partial charge in [-0.3, -0.25) is 14.4 Å². The molecule has 140 valence electrons. The highest BCUT2D eigenvalue weighted by atomic mass is 35.5. The summed E-state index contributed by atoms with van der Waals surface area (Å²) in [6.07, 6.45) is 0.0511. The number of carbonyl (C=O) groups excluding carboxylic acids is 3. The first-order chi connectivity index (χ1) is 12.9. The normalized spacial score (nSPS) is 16.3. The van der Waals surface area contributed by atoms with E-state index in [0.717, 1.165) is 5.69 Å². The molecule has 0 aliphatic carbocycles. The van der Waals surface area contributed by atoms with Gasteiger partial charge in [-0.1, -0.05) is 41.4 Å². The minimum absolute atomic E-state index is 0.0511. The van der Waals surface area contributed by atoms with Gasteiger partial charge in [0.15, 0.2) is 6.61 Å². The van der Waals surface area contributed by atoms with Gasteiger partial charge in [0.2, 0.25) is 5.91 Å². The Hall–Kier alpha value is -2.57. The number of halogens is 2. The molecule has 2 aromatic carbocycles. The highest BCUT2D eigenvalue weighted by Gasteiger charge is 2.36. The molecule has 6 nitrogen and oxygen atoms in total. The molecule has 0 aromatic heterocycles. The summed E-state index contributed by atoms with van der Waals surface area (Å²) in [7, 11) is 0. The average molecular weight is 407 g/mol. The number of hydrogen-bond donors (Lipinski definition) is 1. The Morgan fingerprint density at radius 1 is 1.15 bits per heavy atom. The van der Waals surface area contributed by atoms with Crippen LogP contribution in [0.15, 0.2) is 48.5 Å². The second-order valence-electron chi connectivity index (χ2n) is 6.02. The first-order valence-corrected chi connectivity index (χ1v) is 8.96. The van der Waals surface area contributed by atoms with Gasteiger partial charge in [0.05, 0.1) is 16.6 Å². The summed E-state index contributed by atoms with van der Waals surface area (Å²) in [5.41, 5.74) is 1.06. The third-order valence-corrected chi connectivity index (χ3v) is 4.64. The molecule has 0 saturated carbocycles. The van der Waals surface area contributed by atoms with Crippen molar-refractivity contribution in [3.8, 4) is 0 Å². The largest absolute Gasteiger partial charge is 0.455 e. The molecule has 0 unspecified atom stereocenters. The quantitative estimate of drug-likeness (QED) is 0.770. The number of nitrogens with one attached hydrogen (secondary N) is 1. The van der Waals surface area contributed by atoms with Gasteiger partial charge in [-0.05, 0) is 30.3 Å². The van der Waals surface area contributed by atoms with E-state index in [1.54, 1.807) is 24.3 Å². The van der Waals surface area contributed by atoms with E-state index in [-0.39, 0.29) is 18.9 Å². The van der Waals surface area contributed by atoms with Gasteiger partial charge in [0.25, 0.3) is 5.91 Å². The molecule has 1 N–H and O–H groups in total. The van der Waals surface area contributed by atoms with Gasteiger partial charge in [-0.25, -0.2) is 0 Å². The van der Waals surface area contributed by atoms with E-state index in [1.165, 1.54) is 11.0 Å². The van der Waals surface area contributed by atoms with E-state index in [2.05, 4.69) is 5.32 Å². The molecule has 1 aliphatic rings. The molecule has 1 heterocycles. The Morgan fingerprint density at radius 2 is 1.89 bits per heavy atom. The number of carbonyl (C=O) groups is 3. The molecule has 2 amide bonds. The van der Waals surface area contributed by atoms with Gasteiger partial charge in [-0.2, -0.15) is 0 Å². The number of nitrogens with zero attached hydrogens (tertiary/aromatic N) is 1. The average Bonchev–Trinajstić information content (AvgIpc) is 3.05. The zero-order valence-electron chi connectivity index (χ0n) is 14.2. The Morgan fingerprint density at radius 3 is 2.63 bits per heavy atom. The van der Waals surface area contributed by atoms with Crippen LogP contribution in [0.5, 0.6) is 0 Å². The minimum atomic E-state index is -0.611. The molecule has 8 heteroatoms. The fourth-order valence-electron chi connectivity index (χ4n) is 2.76. The van der Waals surface area contributed by atoms with Crippen molar-refractivity contribution in [3.63, 3.8) is 0 Å². The van der Waals surface area contributed by atoms with Gasteiger partial charge in [-0.15, -0.1) is 0 Å².